The van der Waals surface area contributed by atoms with Crippen molar-refractivity contribution in [2.24, 2.45) is 0 Å². The van der Waals surface area contributed by atoms with Crippen LogP contribution in [0.1, 0.15) is 21.5 Å². The summed E-state index contributed by atoms with van der Waals surface area (Å²) in [4.78, 5) is 11.1. The van der Waals surface area contributed by atoms with Crippen LogP contribution in [-0.4, -0.2) is 11.4 Å². The molecule has 3 nitrogen and oxygen atoms in total. The van der Waals surface area contributed by atoms with E-state index in [0.717, 1.165) is 28.2 Å². The molecule has 0 aromatic heterocycles. The van der Waals surface area contributed by atoms with Crippen molar-refractivity contribution >= 4 is 17.1 Å². The number of phenols is 1. The number of carbonyl (C=O) groups is 1. The number of hydrogen-bond acceptors (Lipinski definition) is 3. The first kappa shape index (κ1) is 14.3. The average Bonchev–Trinajstić information content (AvgIpc) is 2.56. The zero-order valence-corrected chi connectivity index (χ0v) is 12.0. The SMILES string of the molecule is O=Cc1cccc2c(COCc3ccc(O)cc3)cccc12. The van der Waals surface area contributed by atoms with Crippen molar-refractivity contribution in [3.63, 3.8) is 0 Å². The third-order valence-electron chi connectivity index (χ3n) is 3.64. The molecule has 0 radical (unpaired) electrons. The Balaban J connectivity index is 1.76. The molecule has 110 valence electrons. The van der Waals surface area contributed by atoms with Crippen molar-refractivity contribution in [3.05, 3.63) is 77.4 Å². The van der Waals surface area contributed by atoms with Gasteiger partial charge in [-0.1, -0.05) is 48.5 Å². The Bertz CT molecular complexity index is 791. The molecule has 0 aliphatic rings. The summed E-state index contributed by atoms with van der Waals surface area (Å²) in [6, 6.07) is 18.6. The number of phenolic OH excluding ortho intramolecular Hbond substituents is 1. The highest BCUT2D eigenvalue weighted by molar-refractivity contribution is 5.99. The Morgan fingerprint density at radius 1 is 0.864 bits per heavy atom. The molecule has 0 fully saturated rings. The van der Waals surface area contributed by atoms with Gasteiger partial charge in [-0.25, -0.2) is 0 Å². The number of fused-ring (bicyclic) bond motifs is 1. The van der Waals surface area contributed by atoms with Gasteiger partial charge in [0.25, 0.3) is 0 Å². The molecular formula is C19H16O3. The minimum atomic E-state index is 0.249. The number of hydrogen-bond donors (Lipinski definition) is 1. The molecule has 0 aliphatic carbocycles. The quantitative estimate of drug-likeness (QED) is 0.721. The van der Waals surface area contributed by atoms with E-state index < -0.39 is 0 Å². The Labute approximate surface area is 128 Å². The van der Waals surface area contributed by atoms with Crippen LogP contribution in [0.15, 0.2) is 60.7 Å². The molecule has 0 saturated carbocycles. The molecule has 1 N–H and O–H groups in total. The van der Waals surface area contributed by atoms with Crippen LogP contribution in [0, 0.1) is 0 Å². The lowest BCUT2D eigenvalue weighted by atomic mass is 10.0. The molecule has 3 rings (SSSR count). The minimum Gasteiger partial charge on any atom is -0.508 e. The molecule has 3 aromatic carbocycles. The maximum Gasteiger partial charge on any atom is 0.150 e. The fourth-order valence-electron chi connectivity index (χ4n) is 2.50. The van der Waals surface area contributed by atoms with Crippen molar-refractivity contribution in [2.75, 3.05) is 0 Å². The molecule has 0 aliphatic heterocycles. The third kappa shape index (κ3) is 3.00. The lowest BCUT2D eigenvalue weighted by Gasteiger charge is -2.09. The van der Waals surface area contributed by atoms with Gasteiger partial charge in [-0.05, 0) is 34.0 Å². The predicted octanol–water partition coefficient (Wildman–Crippen LogP) is 4.07. The van der Waals surface area contributed by atoms with E-state index in [9.17, 15) is 9.90 Å². The van der Waals surface area contributed by atoms with Crippen molar-refractivity contribution < 1.29 is 14.6 Å². The molecule has 0 amide bonds. The number of aldehydes is 1. The first-order valence-electron chi connectivity index (χ1n) is 7.09. The highest BCUT2D eigenvalue weighted by Crippen LogP contribution is 2.22. The van der Waals surface area contributed by atoms with Crippen molar-refractivity contribution in [1.82, 2.24) is 0 Å². The Morgan fingerprint density at radius 3 is 2.36 bits per heavy atom. The third-order valence-corrected chi connectivity index (χ3v) is 3.64. The van der Waals surface area contributed by atoms with Gasteiger partial charge < -0.3 is 9.84 Å². The molecule has 0 saturated heterocycles. The molecule has 0 atom stereocenters. The van der Waals surface area contributed by atoms with Gasteiger partial charge in [-0.15, -0.1) is 0 Å². The normalized spacial score (nSPS) is 10.7. The van der Waals surface area contributed by atoms with E-state index >= 15 is 0 Å². The van der Waals surface area contributed by atoms with Crippen LogP contribution in [0.5, 0.6) is 5.75 Å². The van der Waals surface area contributed by atoms with Crippen LogP contribution >= 0.6 is 0 Å². The van der Waals surface area contributed by atoms with E-state index in [-0.39, 0.29) is 5.75 Å². The zero-order valence-electron chi connectivity index (χ0n) is 12.0. The van der Waals surface area contributed by atoms with Crippen LogP contribution in [0.4, 0.5) is 0 Å². The summed E-state index contributed by atoms with van der Waals surface area (Å²) >= 11 is 0. The van der Waals surface area contributed by atoms with Gasteiger partial charge in [0.1, 0.15) is 5.75 Å². The van der Waals surface area contributed by atoms with Crippen LogP contribution < -0.4 is 0 Å². The Kier molecular flexibility index (Phi) is 4.17. The van der Waals surface area contributed by atoms with Crippen LogP contribution in [0.25, 0.3) is 10.8 Å². The molecule has 0 unspecified atom stereocenters. The lowest BCUT2D eigenvalue weighted by molar-refractivity contribution is 0.108. The summed E-state index contributed by atoms with van der Waals surface area (Å²) in [5.41, 5.74) is 2.75. The smallest absolute Gasteiger partial charge is 0.150 e. The number of aromatic hydroxyl groups is 1. The molecule has 22 heavy (non-hydrogen) atoms. The minimum absolute atomic E-state index is 0.249. The second-order valence-electron chi connectivity index (χ2n) is 5.14. The number of ether oxygens (including phenoxy) is 1. The highest BCUT2D eigenvalue weighted by atomic mass is 16.5. The molecule has 0 spiro atoms. The maximum absolute atomic E-state index is 11.1. The van der Waals surface area contributed by atoms with Crippen LogP contribution in [-0.2, 0) is 18.0 Å². The first-order chi connectivity index (χ1) is 10.8. The first-order valence-corrected chi connectivity index (χ1v) is 7.09. The van der Waals surface area contributed by atoms with Gasteiger partial charge in [0.2, 0.25) is 0 Å². The van der Waals surface area contributed by atoms with E-state index in [2.05, 4.69) is 0 Å². The summed E-state index contributed by atoms with van der Waals surface area (Å²) in [5.74, 6) is 0.249. The second-order valence-corrected chi connectivity index (χ2v) is 5.14. The lowest BCUT2D eigenvalue weighted by Crippen LogP contribution is -1.96. The fraction of sp³-hybridized carbons (Fsp3) is 0.105. The zero-order chi connectivity index (χ0) is 15.4. The maximum atomic E-state index is 11.1. The highest BCUT2D eigenvalue weighted by Gasteiger charge is 2.04. The van der Waals surface area contributed by atoms with Gasteiger partial charge in [0.05, 0.1) is 13.2 Å². The summed E-state index contributed by atoms with van der Waals surface area (Å²) < 4.78 is 5.76. The summed E-state index contributed by atoms with van der Waals surface area (Å²) in [6.07, 6.45) is 0.878. The van der Waals surface area contributed by atoms with Crippen LogP contribution in [0.2, 0.25) is 0 Å². The summed E-state index contributed by atoms with van der Waals surface area (Å²) in [6.45, 7) is 0.949. The molecular weight excluding hydrogens is 276 g/mol. The molecule has 0 heterocycles. The van der Waals surface area contributed by atoms with E-state index in [4.69, 9.17) is 4.74 Å². The van der Waals surface area contributed by atoms with E-state index in [0.29, 0.717) is 18.8 Å². The molecule has 3 aromatic rings. The van der Waals surface area contributed by atoms with E-state index in [1.54, 1.807) is 12.1 Å². The van der Waals surface area contributed by atoms with E-state index in [1.165, 1.54) is 0 Å². The van der Waals surface area contributed by atoms with E-state index in [1.807, 2.05) is 48.5 Å². The summed E-state index contributed by atoms with van der Waals surface area (Å²) in [7, 11) is 0. The number of carbonyl (C=O) groups excluding carboxylic acids is 1. The average molecular weight is 292 g/mol. The van der Waals surface area contributed by atoms with Gasteiger partial charge in [-0.3, -0.25) is 4.79 Å². The summed E-state index contributed by atoms with van der Waals surface area (Å²) in [5, 5.41) is 11.2. The monoisotopic (exact) mass is 292 g/mol. The van der Waals surface area contributed by atoms with Crippen molar-refractivity contribution in [3.8, 4) is 5.75 Å². The van der Waals surface area contributed by atoms with Gasteiger partial charge in [0.15, 0.2) is 6.29 Å². The number of benzene rings is 3. The van der Waals surface area contributed by atoms with Gasteiger partial charge >= 0.3 is 0 Å². The Morgan fingerprint density at radius 2 is 1.59 bits per heavy atom. The second kappa shape index (κ2) is 6.41. The topological polar surface area (TPSA) is 46.5 Å². The van der Waals surface area contributed by atoms with Gasteiger partial charge in [0, 0.05) is 5.56 Å². The molecule has 3 heteroatoms. The Hall–Kier alpha value is -2.65. The van der Waals surface area contributed by atoms with Gasteiger partial charge in [-0.2, -0.15) is 0 Å². The predicted molar refractivity (Wildman–Crippen MR) is 85.9 cm³/mol. The van der Waals surface area contributed by atoms with Crippen molar-refractivity contribution in [2.45, 2.75) is 13.2 Å². The largest absolute Gasteiger partial charge is 0.508 e. The fourth-order valence-corrected chi connectivity index (χ4v) is 2.50. The van der Waals surface area contributed by atoms with Crippen LogP contribution in [0.3, 0.4) is 0 Å². The molecule has 0 bridgehead atoms. The standard InChI is InChI=1S/C19H16O3/c20-11-15-3-1-6-19-16(4-2-5-18(15)19)13-22-12-14-7-9-17(21)10-8-14/h1-11,21H,12-13H2. The van der Waals surface area contributed by atoms with Crippen molar-refractivity contribution in [1.29, 1.82) is 0 Å². The number of rotatable bonds is 5.